The van der Waals surface area contributed by atoms with Crippen LogP contribution in [0.2, 0.25) is 0 Å². The first-order valence-corrected chi connectivity index (χ1v) is 4.89. The molecule has 0 radical (unpaired) electrons. The van der Waals surface area contributed by atoms with E-state index in [2.05, 4.69) is 19.6 Å². The second kappa shape index (κ2) is 6.25. The molecule has 0 aliphatic carbocycles. The summed E-state index contributed by atoms with van der Waals surface area (Å²) in [6.07, 6.45) is 1.71. The summed E-state index contributed by atoms with van der Waals surface area (Å²) < 4.78 is 10.5. The largest absolute Gasteiger partial charge is 0.353 e. The fourth-order valence-corrected chi connectivity index (χ4v) is 0.926. The number of nitriles is 1. The van der Waals surface area contributed by atoms with Gasteiger partial charge in [-0.1, -0.05) is 13.3 Å². The van der Waals surface area contributed by atoms with Crippen molar-refractivity contribution in [3.05, 3.63) is 0 Å². The van der Waals surface area contributed by atoms with Crippen LogP contribution in [-0.2, 0) is 9.47 Å². The van der Waals surface area contributed by atoms with E-state index in [1.807, 2.05) is 6.07 Å². The number of nitrogens with zero attached hydrogens (tertiary/aromatic N) is 1. The van der Waals surface area contributed by atoms with Gasteiger partial charge in [0.15, 0.2) is 11.2 Å². The first kappa shape index (κ1) is 12.8. The molecule has 0 heterocycles. The van der Waals surface area contributed by atoms with Crippen molar-refractivity contribution in [1.29, 1.82) is 5.26 Å². The van der Waals surface area contributed by atoms with Crippen molar-refractivity contribution in [2.24, 2.45) is 0 Å². The molecule has 0 aromatic rings. The lowest BCUT2D eigenvalue weighted by atomic mass is 10.4. The average molecular weight is 203 g/mol. The van der Waals surface area contributed by atoms with Crippen molar-refractivity contribution in [2.45, 2.75) is 44.8 Å². The summed E-state index contributed by atoms with van der Waals surface area (Å²) in [4.78, 5) is -1.06. The molecule has 0 saturated heterocycles. The van der Waals surface area contributed by atoms with Gasteiger partial charge < -0.3 is 9.47 Å². The zero-order valence-electron chi connectivity index (χ0n) is 8.41. The minimum atomic E-state index is -1.06. The quantitative estimate of drug-likeness (QED) is 0.409. The van der Waals surface area contributed by atoms with E-state index in [1.165, 1.54) is 0 Å². The monoisotopic (exact) mass is 203 g/mol. The first-order chi connectivity index (χ1) is 6.02. The van der Waals surface area contributed by atoms with Crippen LogP contribution in [0.4, 0.5) is 0 Å². The summed E-state index contributed by atoms with van der Waals surface area (Å²) in [7, 11) is 0. The molecule has 0 N–H and O–H groups in total. The molecular formula is C9H17NO2S. The Balaban J connectivity index is 3.63. The number of hydrogen-bond acceptors (Lipinski definition) is 4. The van der Waals surface area contributed by atoms with E-state index in [4.69, 9.17) is 14.7 Å². The molecule has 4 heteroatoms. The molecule has 0 aromatic heterocycles. The van der Waals surface area contributed by atoms with E-state index < -0.39 is 4.93 Å². The van der Waals surface area contributed by atoms with Crippen molar-refractivity contribution in [2.75, 3.05) is 6.61 Å². The van der Waals surface area contributed by atoms with Crippen LogP contribution in [0.1, 0.15) is 33.6 Å². The molecule has 0 saturated carbocycles. The summed E-state index contributed by atoms with van der Waals surface area (Å²) in [5.41, 5.74) is 0. The molecule has 2 atom stereocenters. The zero-order chi connectivity index (χ0) is 10.3. The van der Waals surface area contributed by atoms with Crippen LogP contribution in [0.25, 0.3) is 0 Å². The Morgan fingerprint density at radius 2 is 2.23 bits per heavy atom. The van der Waals surface area contributed by atoms with Crippen LogP contribution >= 0.6 is 12.6 Å². The van der Waals surface area contributed by atoms with Crippen LogP contribution in [0.3, 0.4) is 0 Å². The summed E-state index contributed by atoms with van der Waals surface area (Å²) >= 11 is 4.01. The Labute approximate surface area is 85.4 Å². The van der Waals surface area contributed by atoms with Crippen molar-refractivity contribution < 1.29 is 9.47 Å². The van der Waals surface area contributed by atoms with E-state index in [0.717, 1.165) is 12.8 Å². The fourth-order valence-electron chi connectivity index (χ4n) is 0.777. The first-order valence-electron chi connectivity index (χ1n) is 4.45. The number of hydrogen-bond donors (Lipinski definition) is 1. The zero-order valence-corrected chi connectivity index (χ0v) is 9.30. The van der Waals surface area contributed by atoms with Crippen molar-refractivity contribution in [3.63, 3.8) is 0 Å². The summed E-state index contributed by atoms with van der Waals surface area (Å²) in [5, 5.41) is 8.61. The van der Waals surface area contributed by atoms with Crippen molar-refractivity contribution in [3.8, 4) is 6.07 Å². The minimum Gasteiger partial charge on any atom is -0.353 e. The lowest BCUT2D eigenvalue weighted by molar-refractivity contribution is -0.152. The molecule has 0 spiro atoms. The Kier molecular flexibility index (Phi) is 6.13. The van der Waals surface area contributed by atoms with Gasteiger partial charge in [-0.25, -0.2) is 0 Å². The van der Waals surface area contributed by atoms with Crippen LogP contribution in [-0.4, -0.2) is 17.8 Å². The molecule has 0 amide bonds. The number of unbranched alkanes of at least 4 members (excludes halogenated alkanes) is 1. The highest BCUT2D eigenvalue weighted by molar-refractivity contribution is 7.81. The lowest BCUT2D eigenvalue weighted by Crippen LogP contribution is -2.27. The maximum Gasteiger partial charge on any atom is 0.198 e. The van der Waals surface area contributed by atoms with Crippen molar-refractivity contribution in [1.82, 2.24) is 0 Å². The lowest BCUT2D eigenvalue weighted by Gasteiger charge is -2.21. The van der Waals surface area contributed by atoms with Crippen LogP contribution in [0.5, 0.6) is 0 Å². The second-order valence-electron chi connectivity index (χ2n) is 3.00. The Hall–Kier alpha value is -0.240. The van der Waals surface area contributed by atoms with Gasteiger partial charge in [-0.3, -0.25) is 0 Å². The standard InChI is InChI=1S/C9H17NO2S/c1-4-5-6-11-8(2)12-9(3,13)7-10/h8,13H,4-6H2,1-3H3. The molecule has 3 nitrogen and oxygen atoms in total. The van der Waals surface area contributed by atoms with E-state index >= 15 is 0 Å². The number of thiol groups is 1. The van der Waals surface area contributed by atoms with E-state index in [-0.39, 0.29) is 6.29 Å². The normalized spacial score (nSPS) is 17.5. The van der Waals surface area contributed by atoms with Gasteiger partial charge in [-0.05, 0) is 20.3 Å². The van der Waals surface area contributed by atoms with Gasteiger partial charge in [0, 0.05) is 6.61 Å². The van der Waals surface area contributed by atoms with Gasteiger partial charge in [0.05, 0.1) is 0 Å². The maximum atomic E-state index is 8.61. The van der Waals surface area contributed by atoms with Gasteiger partial charge in [-0.15, -0.1) is 12.6 Å². The molecule has 76 valence electrons. The predicted octanol–water partition coefficient (Wildman–Crippen LogP) is 2.34. The summed E-state index contributed by atoms with van der Waals surface area (Å²) in [6, 6.07) is 1.92. The van der Waals surface area contributed by atoms with Gasteiger partial charge in [0.1, 0.15) is 6.07 Å². The molecule has 0 aromatic carbocycles. The Morgan fingerprint density at radius 1 is 1.62 bits per heavy atom. The van der Waals surface area contributed by atoms with Crippen LogP contribution < -0.4 is 0 Å². The van der Waals surface area contributed by atoms with E-state index in [9.17, 15) is 0 Å². The number of ether oxygens (including phenoxy) is 2. The van der Waals surface area contributed by atoms with E-state index in [1.54, 1.807) is 13.8 Å². The average Bonchev–Trinajstić information content (AvgIpc) is 2.04. The molecule has 0 rings (SSSR count). The molecule has 0 bridgehead atoms. The third-order valence-corrected chi connectivity index (χ3v) is 1.66. The molecule has 0 aliphatic rings. The fraction of sp³-hybridized carbons (Fsp3) is 0.889. The van der Waals surface area contributed by atoms with Gasteiger partial charge >= 0.3 is 0 Å². The highest BCUT2D eigenvalue weighted by Crippen LogP contribution is 2.16. The minimum absolute atomic E-state index is 0.381. The van der Waals surface area contributed by atoms with Crippen LogP contribution in [0, 0.1) is 11.3 Å². The van der Waals surface area contributed by atoms with Crippen LogP contribution in [0.15, 0.2) is 0 Å². The Morgan fingerprint density at radius 3 is 2.69 bits per heavy atom. The van der Waals surface area contributed by atoms with E-state index in [0.29, 0.717) is 6.61 Å². The van der Waals surface area contributed by atoms with Gasteiger partial charge in [0.25, 0.3) is 0 Å². The second-order valence-corrected chi connectivity index (χ2v) is 3.86. The molecular weight excluding hydrogens is 186 g/mol. The third-order valence-electron chi connectivity index (χ3n) is 1.45. The van der Waals surface area contributed by atoms with Gasteiger partial charge in [0.2, 0.25) is 0 Å². The van der Waals surface area contributed by atoms with Crippen molar-refractivity contribution >= 4 is 12.6 Å². The predicted molar refractivity (Wildman–Crippen MR) is 54.4 cm³/mol. The SMILES string of the molecule is CCCCOC(C)OC(C)(S)C#N. The smallest absolute Gasteiger partial charge is 0.198 e. The Bertz CT molecular complexity index is 177. The topological polar surface area (TPSA) is 42.2 Å². The summed E-state index contributed by atoms with van der Waals surface area (Å²) in [6.45, 7) is 6.11. The summed E-state index contributed by atoms with van der Waals surface area (Å²) in [5.74, 6) is 0. The molecule has 0 fully saturated rings. The third kappa shape index (κ3) is 6.88. The molecule has 13 heavy (non-hydrogen) atoms. The highest BCUT2D eigenvalue weighted by atomic mass is 32.1. The van der Waals surface area contributed by atoms with Gasteiger partial charge in [-0.2, -0.15) is 5.26 Å². The molecule has 2 unspecified atom stereocenters. The highest BCUT2D eigenvalue weighted by Gasteiger charge is 2.21. The molecule has 0 aliphatic heterocycles. The maximum absolute atomic E-state index is 8.61. The number of rotatable bonds is 6.